The number of rotatable bonds is 4. The zero-order valence-electron chi connectivity index (χ0n) is 16.7. The van der Waals surface area contributed by atoms with Crippen molar-refractivity contribution in [2.45, 2.75) is 81.6 Å². The molecule has 0 aromatic heterocycles. The molecule has 7 heteroatoms. The molecule has 1 aliphatic carbocycles. The molecule has 1 aromatic rings. The highest BCUT2D eigenvalue weighted by atomic mass is 32.2. The number of anilines is 1. The lowest BCUT2D eigenvalue weighted by Crippen LogP contribution is -2.36. The fourth-order valence-corrected chi connectivity index (χ4v) is 5.36. The first-order valence-corrected chi connectivity index (χ1v) is 12.2. The summed E-state index contributed by atoms with van der Waals surface area (Å²) in [6.07, 6.45) is 12.0. The van der Waals surface area contributed by atoms with Crippen molar-refractivity contribution in [1.29, 1.82) is 0 Å². The molecule has 0 radical (unpaired) electrons. The summed E-state index contributed by atoms with van der Waals surface area (Å²) in [5, 5.41) is 2.89. The van der Waals surface area contributed by atoms with Crippen LogP contribution in [0.3, 0.4) is 0 Å². The van der Waals surface area contributed by atoms with Gasteiger partial charge >= 0.3 is 6.03 Å². The quantitative estimate of drug-likeness (QED) is 0.772. The third-order valence-electron chi connectivity index (χ3n) is 5.74. The molecule has 6 nitrogen and oxygen atoms in total. The van der Waals surface area contributed by atoms with Gasteiger partial charge in [-0.1, -0.05) is 44.9 Å². The summed E-state index contributed by atoms with van der Waals surface area (Å²) in [7, 11) is -3.53. The summed E-state index contributed by atoms with van der Waals surface area (Å²) in [5.74, 6) is 0. The van der Waals surface area contributed by atoms with Crippen LogP contribution in [0.4, 0.5) is 10.5 Å². The number of nitrogens with one attached hydrogen (secondary N) is 2. The van der Waals surface area contributed by atoms with Gasteiger partial charge in [0.15, 0.2) is 0 Å². The third-order valence-corrected chi connectivity index (χ3v) is 7.27. The van der Waals surface area contributed by atoms with Crippen molar-refractivity contribution < 1.29 is 13.2 Å². The summed E-state index contributed by atoms with van der Waals surface area (Å²) in [6, 6.07) is 6.40. The van der Waals surface area contributed by atoms with Gasteiger partial charge in [-0.05, 0) is 49.9 Å². The SMILES string of the molecule is O=C(Nc1ccc(S(=O)(=O)NC2CCCCCCC2)cc1)N1CCCCCC1. The smallest absolute Gasteiger partial charge is 0.321 e. The highest BCUT2D eigenvalue weighted by Crippen LogP contribution is 2.20. The van der Waals surface area contributed by atoms with Crippen LogP contribution < -0.4 is 10.0 Å². The first kappa shape index (κ1) is 21.1. The van der Waals surface area contributed by atoms with Crippen molar-refractivity contribution in [1.82, 2.24) is 9.62 Å². The lowest BCUT2D eigenvalue weighted by Gasteiger charge is -2.21. The number of carbonyl (C=O) groups is 1. The standard InChI is InChI=1S/C21H33N3O3S/c25-21(24-16-8-4-5-9-17-24)22-18-12-14-20(15-13-18)28(26,27)23-19-10-6-2-1-3-7-11-19/h12-15,19,23H,1-11,16-17H2,(H,22,25). The van der Waals surface area contributed by atoms with E-state index in [4.69, 9.17) is 0 Å². The Morgan fingerprint density at radius 3 is 1.96 bits per heavy atom. The van der Waals surface area contributed by atoms with E-state index in [1.807, 2.05) is 4.90 Å². The number of amides is 2. The second kappa shape index (κ2) is 10.3. The maximum Gasteiger partial charge on any atom is 0.321 e. The van der Waals surface area contributed by atoms with Gasteiger partial charge in [-0.15, -0.1) is 0 Å². The van der Waals surface area contributed by atoms with Gasteiger partial charge in [0.2, 0.25) is 10.0 Å². The zero-order chi connectivity index (χ0) is 19.8. The van der Waals surface area contributed by atoms with E-state index in [0.29, 0.717) is 5.69 Å². The average molecular weight is 408 g/mol. The van der Waals surface area contributed by atoms with Crippen molar-refractivity contribution in [3.8, 4) is 0 Å². The number of nitrogens with zero attached hydrogens (tertiary/aromatic N) is 1. The maximum absolute atomic E-state index is 12.7. The minimum absolute atomic E-state index is 0.0210. The van der Waals surface area contributed by atoms with E-state index in [1.54, 1.807) is 24.3 Å². The van der Waals surface area contributed by atoms with Gasteiger partial charge < -0.3 is 10.2 Å². The summed E-state index contributed by atoms with van der Waals surface area (Å²) >= 11 is 0. The average Bonchev–Trinajstić information content (AvgIpc) is 2.94. The lowest BCUT2D eigenvalue weighted by molar-refractivity contribution is 0.214. The molecular weight excluding hydrogens is 374 g/mol. The van der Waals surface area contributed by atoms with Crippen LogP contribution in [-0.4, -0.2) is 38.5 Å². The van der Waals surface area contributed by atoms with Gasteiger partial charge in [0, 0.05) is 24.8 Å². The number of hydrogen-bond acceptors (Lipinski definition) is 3. The van der Waals surface area contributed by atoms with Crippen LogP contribution in [0.5, 0.6) is 0 Å². The van der Waals surface area contributed by atoms with E-state index in [9.17, 15) is 13.2 Å². The van der Waals surface area contributed by atoms with Gasteiger partial charge in [-0.25, -0.2) is 17.9 Å². The summed E-state index contributed by atoms with van der Waals surface area (Å²) in [5.41, 5.74) is 0.624. The lowest BCUT2D eigenvalue weighted by atomic mass is 9.97. The Bertz CT molecular complexity index is 718. The number of sulfonamides is 1. The molecule has 1 saturated carbocycles. The second-order valence-corrected chi connectivity index (χ2v) is 9.73. The molecule has 2 amide bonds. The van der Waals surface area contributed by atoms with E-state index >= 15 is 0 Å². The molecule has 1 heterocycles. The largest absolute Gasteiger partial charge is 0.325 e. The molecule has 2 fully saturated rings. The molecule has 3 rings (SSSR count). The zero-order valence-corrected chi connectivity index (χ0v) is 17.5. The third kappa shape index (κ3) is 6.21. The molecule has 1 aliphatic heterocycles. The Morgan fingerprint density at radius 1 is 0.821 bits per heavy atom. The van der Waals surface area contributed by atoms with E-state index in [2.05, 4.69) is 10.0 Å². The molecule has 1 aromatic carbocycles. The molecule has 2 N–H and O–H groups in total. The van der Waals surface area contributed by atoms with Gasteiger partial charge in [-0.2, -0.15) is 0 Å². The molecule has 0 bridgehead atoms. The van der Waals surface area contributed by atoms with Crippen molar-refractivity contribution >= 4 is 21.7 Å². The minimum atomic E-state index is -3.53. The molecule has 0 spiro atoms. The molecule has 0 atom stereocenters. The summed E-state index contributed by atoms with van der Waals surface area (Å²) in [6.45, 7) is 1.56. The Hall–Kier alpha value is -1.60. The number of hydrogen-bond donors (Lipinski definition) is 2. The second-order valence-electron chi connectivity index (χ2n) is 8.02. The van der Waals surface area contributed by atoms with E-state index in [1.165, 1.54) is 32.1 Å². The van der Waals surface area contributed by atoms with Crippen LogP contribution in [0.25, 0.3) is 0 Å². The van der Waals surface area contributed by atoms with Crippen LogP contribution >= 0.6 is 0 Å². The van der Waals surface area contributed by atoms with Crippen LogP contribution in [-0.2, 0) is 10.0 Å². The van der Waals surface area contributed by atoms with Gasteiger partial charge in [0.25, 0.3) is 0 Å². The molecule has 2 aliphatic rings. The van der Waals surface area contributed by atoms with Gasteiger partial charge in [0.1, 0.15) is 0 Å². The fraction of sp³-hybridized carbons (Fsp3) is 0.667. The number of carbonyl (C=O) groups excluding carboxylic acids is 1. The van der Waals surface area contributed by atoms with Crippen molar-refractivity contribution in [3.63, 3.8) is 0 Å². The Balaban J connectivity index is 1.58. The van der Waals surface area contributed by atoms with Crippen LogP contribution in [0.15, 0.2) is 29.2 Å². The normalized spacial score (nSPS) is 20.1. The first-order valence-electron chi connectivity index (χ1n) is 10.7. The van der Waals surface area contributed by atoms with Gasteiger partial charge in [-0.3, -0.25) is 0 Å². The Kier molecular flexibility index (Phi) is 7.73. The summed E-state index contributed by atoms with van der Waals surface area (Å²) < 4.78 is 28.3. The van der Waals surface area contributed by atoms with Crippen LogP contribution in [0.1, 0.15) is 70.6 Å². The number of likely N-dealkylation sites (tertiary alicyclic amines) is 1. The van der Waals surface area contributed by atoms with Crippen LogP contribution in [0, 0.1) is 0 Å². The van der Waals surface area contributed by atoms with Gasteiger partial charge in [0.05, 0.1) is 4.90 Å². The molecule has 1 saturated heterocycles. The minimum Gasteiger partial charge on any atom is -0.325 e. The van der Waals surface area contributed by atoms with E-state index in [0.717, 1.165) is 51.6 Å². The van der Waals surface area contributed by atoms with E-state index in [-0.39, 0.29) is 17.0 Å². The van der Waals surface area contributed by atoms with Crippen molar-refractivity contribution in [2.75, 3.05) is 18.4 Å². The highest BCUT2D eigenvalue weighted by molar-refractivity contribution is 7.89. The fourth-order valence-electron chi connectivity index (χ4n) is 4.06. The van der Waals surface area contributed by atoms with Crippen LogP contribution in [0.2, 0.25) is 0 Å². The number of benzene rings is 1. The number of urea groups is 1. The maximum atomic E-state index is 12.7. The Labute approximate surface area is 169 Å². The first-order chi connectivity index (χ1) is 13.5. The monoisotopic (exact) mass is 407 g/mol. The van der Waals surface area contributed by atoms with Crippen molar-refractivity contribution in [3.05, 3.63) is 24.3 Å². The Morgan fingerprint density at radius 2 is 1.36 bits per heavy atom. The van der Waals surface area contributed by atoms with E-state index < -0.39 is 10.0 Å². The highest BCUT2D eigenvalue weighted by Gasteiger charge is 2.21. The predicted octanol–water partition coefficient (Wildman–Crippen LogP) is 4.49. The van der Waals surface area contributed by atoms with Crippen molar-refractivity contribution in [2.24, 2.45) is 0 Å². The topological polar surface area (TPSA) is 78.5 Å². The molecule has 0 unspecified atom stereocenters. The molecule has 156 valence electrons. The summed E-state index contributed by atoms with van der Waals surface area (Å²) in [4.78, 5) is 14.5. The molecule has 28 heavy (non-hydrogen) atoms. The predicted molar refractivity (Wildman–Crippen MR) is 112 cm³/mol. The molecular formula is C21H33N3O3S.